The molecule has 0 aromatic carbocycles. The number of nitrogens with zero attached hydrogens (tertiary/aromatic N) is 1. The maximum Gasteiger partial charge on any atom is 0.309 e. The summed E-state index contributed by atoms with van der Waals surface area (Å²) >= 11 is 0. The molecule has 0 amide bonds. The Hall–Kier alpha value is -1.43. The minimum Gasteiger partial charge on any atom is -0.466 e. The Morgan fingerprint density at radius 2 is 1.82 bits per heavy atom. The first-order valence-electron chi connectivity index (χ1n) is 21.1. The monoisotopic (exact) mass is 687 g/mol. The van der Waals surface area contributed by atoms with Gasteiger partial charge in [0, 0.05) is 31.2 Å². The molecule has 2 aliphatic heterocycles. The number of nitrogens with one attached hydrogen (secondary N) is 1. The van der Waals surface area contributed by atoms with E-state index in [1.165, 1.54) is 81.9 Å². The third kappa shape index (κ3) is 5.19. The fraction of sp³-hybridized carbons (Fsp3) is 0.844. The number of ether oxygens (including phenoxy) is 2. The molecule has 6 fully saturated rings. The molecule has 6 aliphatic carbocycles. The summed E-state index contributed by atoms with van der Waals surface area (Å²) in [5.74, 6) is 3.63. The number of allylic oxidation sites excluding steroid dienone is 5. The molecule has 0 aromatic heterocycles. The van der Waals surface area contributed by atoms with Crippen LogP contribution in [0.3, 0.4) is 0 Å². The highest BCUT2D eigenvalue weighted by atomic mass is 16.5. The molecule has 1 N–H and O–H groups in total. The predicted molar refractivity (Wildman–Crippen MR) is 203 cm³/mol. The van der Waals surface area contributed by atoms with E-state index in [4.69, 9.17) is 9.47 Å². The number of morpholine rings is 1. The van der Waals surface area contributed by atoms with Gasteiger partial charge in [0.05, 0.1) is 25.2 Å². The first kappa shape index (κ1) is 35.6. The van der Waals surface area contributed by atoms with Gasteiger partial charge >= 0.3 is 5.97 Å². The van der Waals surface area contributed by atoms with Crippen molar-refractivity contribution in [3.63, 3.8) is 0 Å². The number of hydrogen-bond donors (Lipinski definition) is 1. The molecule has 5 nitrogen and oxygen atoms in total. The smallest absolute Gasteiger partial charge is 0.309 e. The Kier molecular flexibility index (Phi) is 8.95. The van der Waals surface area contributed by atoms with E-state index in [0.29, 0.717) is 52.8 Å². The van der Waals surface area contributed by atoms with Gasteiger partial charge in [-0.15, -0.1) is 0 Å². The lowest BCUT2D eigenvalue weighted by molar-refractivity contribution is -0.221. The zero-order valence-electron chi connectivity index (χ0n) is 32.9. The fourth-order valence-electron chi connectivity index (χ4n) is 15.4. The summed E-state index contributed by atoms with van der Waals surface area (Å²) in [5, 5.41) is 4.36. The number of hydrogen-bond acceptors (Lipinski definition) is 5. The van der Waals surface area contributed by atoms with Crippen molar-refractivity contribution in [2.45, 2.75) is 150 Å². The molecule has 278 valence electrons. The van der Waals surface area contributed by atoms with Crippen LogP contribution in [0.4, 0.5) is 0 Å². The quantitative estimate of drug-likeness (QED) is 0.204. The van der Waals surface area contributed by atoms with Crippen molar-refractivity contribution < 1.29 is 14.3 Å². The predicted octanol–water partition coefficient (Wildman–Crippen LogP) is 9.29. The Morgan fingerprint density at radius 3 is 2.50 bits per heavy atom. The number of carbonyl (C=O) groups excluding carboxylic acids is 1. The second-order valence-electron chi connectivity index (χ2n) is 20.1. The number of likely N-dealkylation sites (tertiary alicyclic amines) is 1. The highest BCUT2D eigenvalue weighted by Crippen LogP contribution is 2.76. The molecule has 50 heavy (non-hydrogen) atoms. The van der Waals surface area contributed by atoms with E-state index in [9.17, 15) is 4.79 Å². The normalized spacial score (nSPS) is 47.7. The van der Waals surface area contributed by atoms with Gasteiger partial charge in [-0.25, -0.2) is 0 Å². The minimum absolute atomic E-state index is 0.00455. The molecule has 2 heterocycles. The maximum atomic E-state index is 12.5. The highest BCUT2D eigenvalue weighted by molar-refractivity contribution is 5.73. The molecular weight excluding hydrogens is 617 g/mol. The van der Waals surface area contributed by atoms with Crippen LogP contribution in [-0.4, -0.2) is 61.4 Å². The summed E-state index contributed by atoms with van der Waals surface area (Å²) in [6, 6.07) is 0.655. The average molecular weight is 687 g/mol. The van der Waals surface area contributed by atoms with E-state index < -0.39 is 0 Å². The summed E-state index contributed by atoms with van der Waals surface area (Å²) in [5.41, 5.74) is 6.05. The van der Waals surface area contributed by atoms with Gasteiger partial charge in [0.25, 0.3) is 0 Å². The van der Waals surface area contributed by atoms with Crippen molar-refractivity contribution in [3.05, 3.63) is 35.5 Å². The van der Waals surface area contributed by atoms with Gasteiger partial charge < -0.3 is 14.8 Å². The Labute approximate surface area is 304 Å². The maximum absolute atomic E-state index is 12.5. The minimum atomic E-state index is -0.00455. The average Bonchev–Trinajstić information content (AvgIpc) is 3.80. The van der Waals surface area contributed by atoms with Crippen LogP contribution in [0, 0.1) is 57.2 Å². The first-order valence-corrected chi connectivity index (χ1v) is 21.1. The van der Waals surface area contributed by atoms with Crippen molar-refractivity contribution in [1.29, 1.82) is 0 Å². The number of rotatable bonds is 8. The van der Waals surface area contributed by atoms with Gasteiger partial charge in [-0.2, -0.15) is 0 Å². The highest BCUT2D eigenvalue weighted by Gasteiger charge is 2.70. The second-order valence-corrected chi connectivity index (χ2v) is 20.1. The molecule has 0 spiro atoms. The Bertz CT molecular complexity index is 1430. The SMILES string of the molecule is C=C(C)[C@@H]1CC[C@]2(NCCN3CC4CC3CO4)CC[C@]3(C)[C@H](CC[C@@H]4[C@@]5(C)CC=C(C6=CC[C@H](C(=O)OCC)CC6)C(C)(C)[C@@H]5CC[C@]43C)[C@@H]12. The molecule has 0 aromatic rings. The van der Waals surface area contributed by atoms with E-state index in [2.05, 4.69) is 70.5 Å². The van der Waals surface area contributed by atoms with E-state index in [1.54, 1.807) is 5.57 Å². The van der Waals surface area contributed by atoms with Crippen LogP contribution in [0.5, 0.6) is 0 Å². The summed E-state index contributed by atoms with van der Waals surface area (Å²) < 4.78 is 11.3. The van der Waals surface area contributed by atoms with Gasteiger partial charge in [-0.3, -0.25) is 9.69 Å². The van der Waals surface area contributed by atoms with Gasteiger partial charge in [-0.05, 0) is 160 Å². The van der Waals surface area contributed by atoms with Gasteiger partial charge in [0.15, 0.2) is 0 Å². The van der Waals surface area contributed by atoms with E-state index in [1.807, 2.05) is 6.92 Å². The lowest BCUT2D eigenvalue weighted by atomic mass is 9.33. The van der Waals surface area contributed by atoms with Crippen LogP contribution in [-0.2, 0) is 14.3 Å². The largest absolute Gasteiger partial charge is 0.466 e. The number of esters is 1. The van der Waals surface area contributed by atoms with E-state index in [-0.39, 0.29) is 22.8 Å². The molecular formula is C45H70N2O3. The zero-order valence-corrected chi connectivity index (χ0v) is 32.9. The topological polar surface area (TPSA) is 50.8 Å². The first-order chi connectivity index (χ1) is 23.8. The molecule has 8 aliphatic rings. The Balaban J connectivity index is 1.03. The summed E-state index contributed by atoms with van der Waals surface area (Å²) in [6.45, 7) is 27.2. The third-order valence-corrected chi connectivity index (χ3v) is 17.9. The molecule has 0 radical (unpaired) electrons. The lowest BCUT2D eigenvalue weighted by Crippen LogP contribution is -2.68. The van der Waals surface area contributed by atoms with Crippen molar-refractivity contribution in [2.24, 2.45) is 57.2 Å². The zero-order chi connectivity index (χ0) is 35.3. The van der Waals surface area contributed by atoms with E-state index in [0.717, 1.165) is 50.8 Å². The van der Waals surface area contributed by atoms with Crippen LogP contribution < -0.4 is 5.32 Å². The third-order valence-electron chi connectivity index (χ3n) is 17.9. The fourth-order valence-corrected chi connectivity index (χ4v) is 15.4. The van der Waals surface area contributed by atoms with Gasteiger partial charge in [0.2, 0.25) is 0 Å². The lowest BCUT2D eigenvalue weighted by Gasteiger charge is -2.72. The van der Waals surface area contributed by atoms with Crippen molar-refractivity contribution in [3.8, 4) is 0 Å². The van der Waals surface area contributed by atoms with Crippen LogP contribution >= 0.6 is 0 Å². The Morgan fingerprint density at radius 1 is 1.00 bits per heavy atom. The number of fused-ring (bicyclic) bond motifs is 9. The molecule has 2 unspecified atom stereocenters. The molecule has 12 atom stereocenters. The molecule has 2 bridgehead atoms. The van der Waals surface area contributed by atoms with Gasteiger partial charge in [0.1, 0.15) is 0 Å². The van der Waals surface area contributed by atoms with Crippen LogP contribution in [0.2, 0.25) is 0 Å². The molecule has 8 rings (SSSR count). The van der Waals surface area contributed by atoms with Gasteiger partial charge in [-0.1, -0.05) is 58.9 Å². The number of carbonyl (C=O) groups is 1. The summed E-state index contributed by atoms with van der Waals surface area (Å²) in [6.07, 6.45) is 21.7. The second kappa shape index (κ2) is 12.6. The van der Waals surface area contributed by atoms with Crippen LogP contribution in [0.15, 0.2) is 35.5 Å². The molecule has 2 saturated heterocycles. The summed E-state index contributed by atoms with van der Waals surface area (Å²) in [7, 11) is 0. The van der Waals surface area contributed by atoms with E-state index >= 15 is 0 Å². The summed E-state index contributed by atoms with van der Waals surface area (Å²) in [4.78, 5) is 15.2. The molecule has 4 saturated carbocycles. The van der Waals surface area contributed by atoms with Crippen LogP contribution in [0.1, 0.15) is 132 Å². The van der Waals surface area contributed by atoms with Crippen LogP contribution in [0.25, 0.3) is 0 Å². The molecule has 5 heteroatoms. The van der Waals surface area contributed by atoms with Crippen molar-refractivity contribution >= 4 is 5.97 Å². The van der Waals surface area contributed by atoms with Crippen molar-refractivity contribution in [1.82, 2.24) is 10.2 Å². The van der Waals surface area contributed by atoms with Crippen molar-refractivity contribution in [2.75, 3.05) is 32.8 Å². The standard InChI is InChI=1S/C45H70N2O3/c1-9-49-40(48)31-12-10-30(11-13-31)35-17-19-42(6)37(41(35,4)5)18-20-44(8)38(42)15-14-36-39-34(29(2)3)16-21-45(39,23-22-43(36,44)7)46-24-25-47-27-33-26-32(47)28-50-33/h10,17,31-34,36-39,46H,2,9,11-16,18-28H2,1,3-8H3/t31-,32?,33?,34-,36+,37-,38+,39+,42-,43+,44+,45-/m0/s1.